The molecule has 1 fully saturated rings. The Bertz CT molecular complexity index is 176. The molecule has 0 aromatic carbocycles. The van der Waals surface area contributed by atoms with Gasteiger partial charge in [-0.05, 0) is 19.3 Å². The molecule has 0 saturated heterocycles. The highest BCUT2D eigenvalue weighted by molar-refractivity contribution is 4.64. The molecule has 1 aliphatic carbocycles. The fourth-order valence-corrected chi connectivity index (χ4v) is 3.07. The summed E-state index contributed by atoms with van der Waals surface area (Å²) in [5.41, 5.74) is 0. The van der Waals surface area contributed by atoms with Gasteiger partial charge in [-0.2, -0.15) is 0 Å². The van der Waals surface area contributed by atoms with Gasteiger partial charge in [0.15, 0.2) is 0 Å². The number of hydrogen-bond acceptors (Lipinski definition) is 1. The Morgan fingerprint density at radius 2 is 1.20 bits per heavy atom. The minimum Gasteiger partial charge on any atom is -0.412 e. The Balaban J connectivity index is 0.00000361. The van der Waals surface area contributed by atoms with E-state index < -0.39 is 0 Å². The number of ether oxygens (including phenoxy) is 1. The quantitative estimate of drug-likeness (QED) is 0.441. The van der Waals surface area contributed by atoms with E-state index in [2.05, 4.69) is 6.92 Å². The lowest BCUT2D eigenvalue weighted by Gasteiger charge is -2.21. The van der Waals surface area contributed by atoms with E-state index in [0.29, 0.717) is 6.10 Å². The lowest BCUT2D eigenvalue weighted by atomic mass is 9.98. The van der Waals surface area contributed by atoms with Crippen LogP contribution < -0.4 is 0 Å². The normalized spacial score (nSPS) is 16.1. The summed E-state index contributed by atoms with van der Waals surface area (Å²) in [6.45, 7) is 3.30. The van der Waals surface area contributed by atoms with Gasteiger partial charge in [0, 0.05) is 6.61 Å². The molecular formula is C18H38O2. The minimum atomic E-state index is 0. The van der Waals surface area contributed by atoms with Crippen LogP contribution in [0.25, 0.3) is 0 Å². The maximum absolute atomic E-state index is 5.95. The van der Waals surface area contributed by atoms with Crippen LogP contribution in [0.4, 0.5) is 0 Å². The average molecular weight is 286 g/mol. The summed E-state index contributed by atoms with van der Waals surface area (Å²) in [5, 5.41) is 0. The predicted octanol–water partition coefficient (Wildman–Crippen LogP) is 5.43. The molecule has 2 heteroatoms. The van der Waals surface area contributed by atoms with Crippen molar-refractivity contribution in [2.75, 3.05) is 6.61 Å². The first kappa shape index (κ1) is 19.9. The van der Waals surface area contributed by atoms with E-state index in [9.17, 15) is 0 Å². The topological polar surface area (TPSA) is 40.7 Å². The molecule has 122 valence electrons. The third kappa shape index (κ3) is 11.7. The smallest absolute Gasteiger partial charge is 0.0575 e. The van der Waals surface area contributed by atoms with Crippen molar-refractivity contribution in [1.82, 2.24) is 0 Å². The highest BCUT2D eigenvalue weighted by Crippen LogP contribution is 2.20. The van der Waals surface area contributed by atoms with Crippen molar-refractivity contribution in [2.24, 2.45) is 0 Å². The predicted molar refractivity (Wildman–Crippen MR) is 88.3 cm³/mol. The van der Waals surface area contributed by atoms with Gasteiger partial charge in [0.1, 0.15) is 0 Å². The van der Waals surface area contributed by atoms with Gasteiger partial charge in [-0.3, -0.25) is 0 Å². The molecule has 0 aromatic heterocycles. The van der Waals surface area contributed by atoms with Crippen LogP contribution in [0.2, 0.25) is 0 Å². The average Bonchev–Trinajstić information content (AvgIpc) is 2.46. The van der Waals surface area contributed by atoms with E-state index in [0.717, 1.165) is 6.61 Å². The third-order valence-corrected chi connectivity index (χ3v) is 4.40. The van der Waals surface area contributed by atoms with Gasteiger partial charge in [0.25, 0.3) is 0 Å². The van der Waals surface area contributed by atoms with Crippen molar-refractivity contribution in [3.05, 3.63) is 0 Å². The summed E-state index contributed by atoms with van der Waals surface area (Å²) in [7, 11) is 0. The maximum atomic E-state index is 5.95. The molecule has 0 aliphatic heterocycles. The summed E-state index contributed by atoms with van der Waals surface area (Å²) < 4.78 is 5.95. The Labute approximate surface area is 127 Å². The SMILES string of the molecule is CCCCCCCCCCCCOC1CCCCC1.O. The molecule has 0 aromatic rings. The van der Waals surface area contributed by atoms with E-state index in [1.54, 1.807) is 0 Å². The second-order valence-corrected chi connectivity index (χ2v) is 6.31. The van der Waals surface area contributed by atoms with Crippen LogP contribution in [-0.4, -0.2) is 18.2 Å². The first-order valence-corrected chi connectivity index (χ1v) is 9.05. The van der Waals surface area contributed by atoms with Crippen LogP contribution in [0, 0.1) is 0 Å². The van der Waals surface area contributed by atoms with Gasteiger partial charge in [-0.1, -0.05) is 84.0 Å². The summed E-state index contributed by atoms with van der Waals surface area (Å²) in [4.78, 5) is 0. The highest BCUT2D eigenvalue weighted by Gasteiger charge is 2.12. The third-order valence-electron chi connectivity index (χ3n) is 4.40. The summed E-state index contributed by atoms with van der Waals surface area (Å²) in [5.74, 6) is 0. The van der Waals surface area contributed by atoms with E-state index in [4.69, 9.17) is 4.74 Å². The van der Waals surface area contributed by atoms with Gasteiger partial charge in [-0.25, -0.2) is 0 Å². The van der Waals surface area contributed by atoms with E-state index in [1.165, 1.54) is 96.3 Å². The second-order valence-electron chi connectivity index (χ2n) is 6.31. The zero-order chi connectivity index (χ0) is 13.6. The molecule has 2 nitrogen and oxygen atoms in total. The van der Waals surface area contributed by atoms with Crippen LogP contribution in [0.5, 0.6) is 0 Å². The minimum absolute atomic E-state index is 0. The molecule has 1 aliphatic rings. The lowest BCUT2D eigenvalue weighted by molar-refractivity contribution is 0.0263. The lowest BCUT2D eigenvalue weighted by Crippen LogP contribution is -2.17. The molecule has 0 heterocycles. The zero-order valence-corrected chi connectivity index (χ0v) is 13.8. The van der Waals surface area contributed by atoms with Crippen molar-refractivity contribution in [1.29, 1.82) is 0 Å². The Hall–Kier alpha value is -0.0800. The van der Waals surface area contributed by atoms with E-state index in [-0.39, 0.29) is 5.48 Å². The molecule has 0 amide bonds. The first-order valence-electron chi connectivity index (χ1n) is 9.05. The van der Waals surface area contributed by atoms with Crippen LogP contribution in [-0.2, 0) is 4.74 Å². The highest BCUT2D eigenvalue weighted by atomic mass is 16.5. The molecule has 1 saturated carbocycles. The van der Waals surface area contributed by atoms with Gasteiger partial charge in [0.2, 0.25) is 0 Å². The van der Waals surface area contributed by atoms with Crippen molar-refractivity contribution >= 4 is 0 Å². The fraction of sp³-hybridized carbons (Fsp3) is 1.00. The van der Waals surface area contributed by atoms with Gasteiger partial charge in [0.05, 0.1) is 6.10 Å². The molecular weight excluding hydrogens is 248 g/mol. The van der Waals surface area contributed by atoms with Crippen molar-refractivity contribution in [2.45, 2.75) is 109 Å². The van der Waals surface area contributed by atoms with Crippen LogP contribution in [0.1, 0.15) is 103 Å². The Kier molecular flexibility index (Phi) is 15.3. The summed E-state index contributed by atoms with van der Waals surface area (Å²) in [6.07, 6.45) is 21.6. The van der Waals surface area contributed by atoms with E-state index in [1.807, 2.05) is 0 Å². The largest absolute Gasteiger partial charge is 0.412 e. The molecule has 0 atom stereocenters. The van der Waals surface area contributed by atoms with E-state index >= 15 is 0 Å². The van der Waals surface area contributed by atoms with Crippen LogP contribution in [0.15, 0.2) is 0 Å². The van der Waals surface area contributed by atoms with Crippen molar-refractivity contribution in [3.8, 4) is 0 Å². The monoisotopic (exact) mass is 286 g/mol. The summed E-state index contributed by atoms with van der Waals surface area (Å²) >= 11 is 0. The molecule has 1 rings (SSSR count). The molecule has 20 heavy (non-hydrogen) atoms. The van der Waals surface area contributed by atoms with Gasteiger partial charge >= 0.3 is 0 Å². The molecule has 0 unspecified atom stereocenters. The molecule has 0 bridgehead atoms. The number of hydrogen-bond donors (Lipinski definition) is 0. The summed E-state index contributed by atoms with van der Waals surface area (Å²) in [6, 6.07) is 0. The van der Waals surface area contributed by atoms with Gasteiger partial charge < -0.3 is 10.2 Å². The standard InChI is InChI=1S/C18H36O.H2O/c1-2-3-4-5-6-7-8-9-10-14-17-19-18-15-12-11-13-16-18;/h18H,2-17H2,1H3;1H2. The number of unbranched alkanes of at least 4 members (excludes halogenated alkanes) is 9. The maximum Gasteiger partial charge on any atom is 0.0575 e. The van der Waals surface area contributed by atoms with Crippen LogP contribution >= 0.6 is 0 Å². The van der Waals surface area contributed by atoms with Crippen molar-refractivity contribution < 1.29 is 10.2 Å². The molecule has 0 radical (unpaired) electrons. The van der Waals surface area contributed by atoms with Gasteiger partial charge in [-0.15, -0.1) is 0 Å². The molecule has 0 spiro atoms. The Morgan fingerprint density at radius 3 is 1.75 bits per heavy atom. The molecule has 2 N–H and O–H groups in total. The number of rotatable bonds is 12. The fourth-order valence-electron chi connectivity index (χ4n) is 3.07. The Morgan fingerprint density at radius 1 is 0.700 bits per heavy atom. The zero-order valence-electron chi connectivity index (χ0n) is 13.8. The second kappa shape index (κ2) is 15.3. The van der Waals surface area contributed by atoms with Crippen molar-refractivity contribution in [3.63, 3.8) is 0 Å². The van der Waals surface area contributed by atoms with Crippen LogP contribution in [0.3, 0.4) is 0 Å². The first-order chi connectivity index (χ1) is 9.43.